The zero-order valence-electron chi connectivity index (χ0n) is 15.4. The molecule has 0 atom stereocenters. The molecule has 1 fully saturated rings. The van der Waals surface area contributed by atoms with E-state index in [1.165, 1.54) is 0 Å². The van der Waals surface area contributed by atoms with Crippen LogP contribution >= 0.6 is 0 Å². The van der Waals surface area contributed by atoms with Crippen LogP contribution in [0.1, 0.15) is 32.3 Å². The van der Waals surface area contributed by atoms with Crippen molar-refractivity contribution in [1.29, 1.82) is 0 Å². The van der Waals surface area contributed by atoms with Gasteiger partial charge in [0, 0.05) is 32.6 Å². The topological polar surface area (TPSA) is 89.3 Å². The molecule has 1 aliphatic rings. The molecule has 2 heterocycles. The standard InChI is InChI=1S/C19H26N4O3/c1-13(2)10-17(24)22-6-3-7-23(9-8-22)18(25)12-14-4-5-15-16(11-14)21-19(26)20-15/h4-5,11,13H,3,6-10,12H2,1-2H3,(H2,20,21,26). The van der Waals surface area contributed by atoms with E-state index < -0.39 is 0 Å². The highest BCUT2D eigenvalue weighted by Crippen LogP contribution is 2.13. The molecule has 1 aromatic carbocycles. The summed E-state index contributed by atoms with van der Waals surface area (Å²) in [4.78, 5) is 45.4. The second kappa shape index (κ2) is 7.76. The first-order chi connectivity index (χ1) is 12.4. The van der Waals surface area contributed by atoms with E-state index in [4.69, 9.17) is 0 Å². The first kappa shape index (κ1) is 18.2. The van der Waals surface area contributed by atoms with Gasteiger partial charge in [0.1, 0.15) is 0 Å². The number of carbonyl (C=O) groups is 2. The molecule has 0 unspecified atom stereocenters. The summed E-state index contributed by atoms with van der Waals surface area (Å²) in [5.41, 5.74) is 2.07. The zero-order valence-corrected chi connectivity index (χ0v) is 15.4. The number of benzene rings is 1. The van der Waals surface area contributed by atoms with Gasteiger partial charge in [-0.25, -0.2) is 4.79 Å². The molecule has 0 radical (unpaired) electrons. The van der Waals surface area contributed by atoms with Crippen LogP contribution in [0.25, 0.3) is 11.0 Å². The third kappa shape index (κ3) is 4.33. The van der Waals surface area contributed by atoms with E-state index in [0.29, 0.717) is 50.5 Å². The van der Waals surface area contributed by atoms with Crippen molar-refractivity contribution in [3.8, 4) is 0 Å². The normalized spacial score (nSPS) is 15.5. The van der Waals surface area contributed by atoms with Crippen molar-refractivity contribution in [1.82, 2.24) is 19.8 Å². The second-order valence-corrected chi connectivity index (χ2v) is 7.35. The Hall–Kier alpha value is -2.57. The number of hydrogen-bond donors (Lipinski definition) is 2. The Labute approximate surface area is 152 Å². The summed E-state index contributed by atoms with van der Waals surface area (Å²) >= 11 is 0. The number of nitrogens with zero attached hydrogens (tertiary/aromatic N) is 2. The molecule has 1 aliphatic heterocycles. The molecule has 2 aromatic rings. The van der Waals surface area contributed by atoms with Crippen molar-refractivity contribution < 1.29 is 9.59 Å². The molecule has 0 bridgehead atoms. The summed E-state index contributed by atoms with van der Waals surface area (Å²) in [6.07, 6.45) is 1.66. The summed E-state index contributed by atoms with van der Waals surface area (Å²) in [6.45, 7) is 6.65. The lowest BCUT2D eigenvalue weighted by molar-refractivity contribution is -0.133. The molecule has 140 valence electrons. The lowest BCUT2D eigenvalue weighted by atomic mass is 10.1. The van der Waals surface area contributed by atoms with E-state index in [0.717, 1.165) is 17.5 Å². The maximum Gasteiger partial charge on any atom is 0.323 e. The second-order valence-electron chi connectivity index (χ2n) is 7.35. The quantitative estimate of drug-likeness (QED) is 0.868. The van der Waals surface area contributed by atoms with E-state index in [9.17, 15) is 14.4 Å². The molecule has 0 aliphatic carbocycles. The number of aromatic amines is 2. The summed E-state index contributed by atoms with van der Waals surface area (Å²) in [6, 6.07) is 5.51. The first-order valence-corrected chi connectivity index (χ1v) is 9.19. The van der Waals surface area contributed by atoms with Crippen LogP contribution in [0.15, 0.2) is 23.0 Å². The summed E-state index contributed by atoms with van der Waals surface area (Å²) in [5.74, 6) is 0.579. The molecule has 3 rings (SSSR count). The van der Waals surface area contributed by atoms with Crippen LogP contribution in [0.5, 0.6) is 0 Å². The maximum absolute atomic E-state index is 12.7. The lowest BCUT2D eigenvalue weighted by Gasteiger charge is -2.23. The van der Waals surface area contributed by atoms with E-state index in [1.54, 1.807) is 0 Å². The van der Waals surface area contributed by atoms with Gasteiger partial charge in [-0.2, -0.15) is 0 Å². The van der Waals surface area contributed by atoms with Gasteiger partial charge in [-0.1, -0.05) is 19.9 Å². The average Bonchev–Trinajstić information content (AvgIpc) is 2.79. The number of nitrogens with one attached hydrogen (secondary N) is 2. The first-order valence-electron chi connectivity index (χ1n) is 9.19. The van der Waals surface area contributed by atoms with Crippen molar-refractivity contribution in [3.63, 3.8) is 0 Å². The fraction of sp³-hybridized carbons (Fsp3) is 0.526. The fourth-order valence-electron chi connectivity index (χ4n) is 3.37. The molecule has 7 nitrogen and oxygen atoms in total. The Morgan fingerprint density at radius 3 is 2.35 bits per heavy atom. The predicted octanol–water partition coefficient (Wildman–Crippen LogP) is 1.51. The number of rotatable bonds is 4. The Kier molecular flexibility index (Phi) is 5.44. The van der Waals surface area contributed by atoms with Crippen LogP contribution in [-0.2, 0) is 16.0 Å². The summed E-state index contributed by atoms with van der Waals surface area (Å²) in [7, 11) is 0. The molecular formula is C19H26N4O3. The smallest absolute Gasteiger partial charge is 0.323 e. The molecule has 0 saturated carbocycles. The van der Waals surface area contributed by atoms with Gasteiger partial charge >= 0.3 is 5.69 Å². The van der Waals surface area contributed by atoms with Gasteiger partial charge in [-0.05, 0) is 30.0 Å². The molecular weight excluding hydrogens is 332 g/mol. The van der Waals surface area contributed by atoms with E-state index in [-0.39, 0.29) is 17.5 Å². The number of fused-ring (bicyclic) bond motifs is 1. The largest absolute Gasteiger partial charge is 0.341 e. The SMILES string of the molecule is CC(C)CC(=O)N1CCCN(C(=O)Cc2ccc3[nH]c(=O)[nH]c3c2)CC1. The Morgan fingerprint density at radius 1 is 1.00 bits per heavy atom. The van der Waals surface area contributed by atoms with Crippen LogP contribution in [0, 0.1) is 5.92 Å². The van der Waals surface area contributed by atoms with Crippen LogP contribution in [0.3, 0.4) is 0 Å². The summed E-state index contributed by atoms with van der Waals surface area (Å²) < 4.78 is 0. The Balaban J connectivity index is 1.60. The number of aromatic nitrogens is 2. The molecule has 1 aromatic heterocycles. The van der Waals surface area contributed by atoms with Crippen molar-refractivity contribution in [2.45, 2.75) is 33.1 Å². The molecule has 2 N–H and O–H groups in total. The third-order valence-electron chi connectivity index (χ3n) is 4.72. The number of amides is 2. The van der Waals surface area contributed by atoms with Gasteiger partial charge in [0.05, 0.1) is 17.5 Å². The van der Waals surface area contributed by atoms with Crippen molar-refractivity contribution in [2.24, 2.45) is 5.92 Å². The number of carbonyl (C=O) groups excluding carboxylic acids is 2. The summed E-state index contributed by atoms with van der Waals surface area (Å²) in [5, 5.41) is 0. The van der Waals surface area contributed by atoms with Gasteiger partial charge in [0.15, 0.2) is 0 Å². The van der Waals surface area contributed by atoms with E-state index >= 15 is 0 Å². The Bertz CT molecular complexity index is 852. The molecule has 2 amide bonds. The average molecular weight is 358 g/mol. The number of imidazole rings is 1. The highest BCUT2D eigenvalue weighted by atomic mass is 16.2. The Morgan fingerprint density at radius 2 is 1.65 bits per heavy atom. The molecule has 26 heavy (non-hydrogen) atoms. The van der Waals surface area contributed by atoms with Crippen LogP contribution < -0.4 is 5.69 Å². The van der Waals surface area contributed by atoms with Crippen molar-refractivity contribution in [2.75, 3.05) is 26.2 Å². The molecule has 0 spiro atoms. The van der Waals surface area contributed by atoms with Gasteiger partial charge in [-0.15, -0.1) is 0 Å². The third-order valence-corrected chi connectivity index (χ3v) is 4.72. The highest BCUT2D eigenvalue weighted by Gasteiger charge is 2.22. The molecule has 7 heteroatoms. The number of hydrogen-bond acceptors (Lipinski definition) is 3. The highest BCUT2D eigenvalue weighted by molar-refractivity contribution is 5.82. The van der Waals surface area contributed by atoms with Gasteiger partial charge < -0.3 is 19.8 Å². The minimum atomic E-state index is -0.248. The van der Waals surface area contributed by atoms with Crippen LogP contribution in [0.2, 0.25) is 0 Å². The van der Waals surface area contributed by atoms with Gasteiger partial charge in [-0.3, -0.25) is 9.59 Å². The van der Waals surface area contributed by atoms with Crippen molar-refractivity contribution in [3.05, 3.63) is 34.2 Å². The molecule has 1 saturated heterocycles. The van der Waals surface area contributed by atoms with Gasteiger partial charge in [0.25, 0.3) is 0 Å². The van der Waals surface area contributed by atoms with Crippen LogP contribution in [0.4, 0.5) is 0 Å². The monoisotopic (exact) mass is 358 g/mol. The zero-order chi connectivity index (χ0) is 18.7. The minimum absolute atomic E-state index is 0.0559. The predicted molar refractivity (Wildman–Crippen MR) is 99.9 cm³/mol. The minimum Gasteiger partial charge on any atom is -0.341 e. The van der Waals surface area contributed by atoms with Gasteiger partial charge in [0.2, 0.25) is 11.8 Å². The van der Waals surface area contributed by atoms with E-state index in [2.05, 4.69) is 9.97 Å². The number of H-pyrrole nitrogens is 2. The van der Waals surface area contributed by atoms with Crippen LogP contribution in [-0.4, -0.2) is 57.8 Å². The van der Waals surface area contributed by atoms with Crippen molar-refractivity contribution >= 4 is 22.8 Å². The fourth-order valence-corrected chi connectivity index (χ4v) is 3.37. The lowest BCUT2D eigenvalue weighted by Crippen LogP contribution is -2.38. The maximum atomic E-state index is 12.7. The van der Waals surface area contributed by atoms with E-state index in [1.807, 2.05) is 41.8 Å².